The SMILES string of the molecule is COc1ccc(-c2coc3ccc(C)cc3c2=O)cc1. The maximum absolute atomic E-state index is 12.5. The standard InChI is InChI=1S/C17H14O3/c1-11-3-8-16-14(9-11)17(18)15(10-20-16)12-4-6-13(19-2)7-5-12/h3-10H,1-2H3. The van der Waals surface area contributed by atoms with E-state index in [2.05, 4.69) is 0 Å². The lowest BCUT2D eigenvalue weighted by atomic mass is 10.0. The maximum atomic E-state index is 12.5. The molecule has 0 unspecified atom stereocenters. The van der Waals surface area contributed by atoms with Crippen LogP contribution in [-0.2, 0) is 0 Å². The summed E-state index contributed by atoms with van der Waals surface area (Å²) in [6, 6.07) is 13.0. The fourth-order valence-electron chi connectivity index (χ4n) is 2.21. The average molecular weight is 266 g/mol. The lowest BCUT2D eigenvalue weighted by Gasteiger charge is -2.04. The molecule has 100 valence electrons. The van der Waals surface area contributed by atoms with Gasteiger partial charge in [-0.3, -0.25) is 4.79 Å². The van der Waals surface area contributed by atoms with E-state index in [4.69, 9.17) is 9.15 Å². The van der Waals surface area contributed by atoms with Crippen LogP contribution in [0.3, 0.4) is 0 Å². The monoisotopic (exact) mass is 266 g/mol. The topological polar surface area (TPSA) is 39.4 Å². The van der Waals surface area contributed by atoms with Crippen molar-refractivity contribution >= 4 is 11.0 Å². The van der Waals surface area contributed by atoms with Gasteiger partial charge in [0.2, 0.25) is 0 Å². The molecule has 0 bridgehead atoms. The third-order valence-corrected chi connectivity index (χ3v) is 3.33. The number of hydrogen-bond acceptors (Lipinski definition) is 3. The van der Waals surface area contributed by atoms with E-state index < -0.39 is 0 Å². The van der Waals surface area contributed by atoms with Crippen molar-refractivity contribution in [3.05, 3.63) is 64.5 Å². The summed E-state index contributed by atoms with van der Waals surface area (Å²) in [4.78, 5) is 12.5. The van der Waals surface area contributed by atoms with Crippen molar-refractivity contribution in [2.24, 2.45) is 0 Å². The van der Waals surface area contributed by atoms with Crippen molar-refractivity contribution in [3.8, 4) is 16.9 Å². The number of ether oxygens (including phenoxy) is 1. The molecule has 0 N–H and O–H groups in total. The number of fused-ring (bicyclic) bond motifs is 1. The Labute approximate surface area is 116 Å². The predicted octanol–water partition coefficient (Wildman–Crippen LogP) is 3.78. The highest BCUT2D eigenvalue weighted by molar-refractivity contribution is 5.82. The van der Waals surface area contributed by atoms with E-state index in [-0.39, 0.29) is 5.43 Å². The average Bonchev–Trinajstić information content (AvgIpc) is 2.48. The van der Waals surface area contributed by atoms with Crippen LogP contribution in [0.15, 0.2) is 57.9 Å². The molecule has 3 nitrogen and oxygen atoms in total. The van der Waals surface area contributed by atoms with Gasteiger partial charge >= 0.3 is 0 Å². The van der Waals surface area contributed by atoms with Gasteiger partial charge in [-0.05, 0) is 36.8 Å². The van der Waals surface area contributed by atoms with E-state index >= 15 is 0 Å². The maximum Gasteiger partial charge on any atom is 0.200 e. The number of methoxy groups -OCH3 is 1. The van der Waals surface area contributed by atoms with Gasteiger partial charge in [0.25, 0.3) is 0 Å². The Morgan fingerprint density at radius 3 is 2.50 bits per heavy atom. The Morgan fingerprint density at radius 1 is 1.05 bits per heavy atom. The smallest absolute Gasteiger partial charge is 0.200 e. The van der Waals surface area contributed by atoms with Crippen LogP contribution >= 0.6 is 0 Å². The van der Waals surface area contributed by atoms with Gasteiger partial charge in [0.15, 0.2) is 5.43 Å². The third-order valence-electron chi connectivity index (χ3n) is 3.33. The second kappa shape index (κ2) is 4.85. The molecule has 2 aromatic carbocycles. The van der Waals surface area contributed by atoms with E-state index in [1.54, 1.807) is 7.11 Å². The minimum Gasteiger partial charge on any atom is -0.497 e. The van der Waals surface area contributed by atoms with E-state index in [0.717, 1.165) is 16.9 Å². The quantitative estimate of drug-likeness (QED) is 0.708. The van der Waals surface area contributed by atoms with Gasteiger partial charge in [0.1, 0.15) is 17.6 Å². The Kier molecular flexibility index (Phi) is 3.03. The van der Waals surface area contributed by atoms with Gasteiger partial charge in [-0.1, -0.05) is 23.8 Å². The molecule has 0 aliphatic heterocycles. The number of aryl methyl sites for hydroxylation is 1. The van der Waals surface area contributed by atoms with Gasteiger partial charge in [-0.15, -0.1) is 0 Å². The van der Waals surface area contributed by atoms with Crippen LogP contribution < -0.4 is 10.2 Å². The minimum atomic E-state index is -0.0138. The molecule has 0 aliphatic carbocycles. The summed E-state index contributed by atoms with van der Waals surface area (Å²) in [5.41, 5.74) is 3.02. The van der Waals surface area contributed by atoms with Crippen molar-refractivity contribution in [2.75, 3.05) is 7.11 Å². The molecule has 0 atom stereocenters. The summed E-state index contributed by atoms with van der Waals surface area (Å²) >= 11 is 0. The summed E-state index contributed by atoms with van der Waals surface area (Å²) in [7, 11) is 1.61. The number of rotatable bonds is 2. The molecule has 0 saturated heterocycles. The molecule has 0 amide bonds. The van der Waals surface area contributed by atoms with Crippen molar-refractivity contribution in [1.82, 2.24) is 0 Å². The summed E-state index contributed by atoms with van der Waals surface area (Å²) in [6.45, 7) is 1.96. The molecule has 3 heteroatoms. The largest absolute Gasteiger partial charge is 0.497 e. The van der Waals surface area contributed by atoms with Crippen LogP contribution in [0, 0.1) is 6.92 Å². The molecule has 3 rings (SSSR count). The summed E-state index contributed by atoms with van der Waals surface area (Å²) < 4.78 is 10.7. The summed E-state index contributed by atoms with van der Waals surface area (Å²) in [5, 5.41) is 0.610. The highest BCUT2D eigenvalue weighted by Gasteiger charge is 2.09. The molecule has 0 radical (unpaired) electrons. The zero-order valence-corrected chi connectivity index (χ0v) is 11.3. The number of hydrogen-bond donors (Lipinski definition) is 0. The van der Waals surface area contributed by atoms with Crippen molar-refractivity contribution in [1.29, 1.82) is 0 Å². The number of benzene rings is 2. The van der Waals surface area contributed by atoms with Crippen LogP contribution in [0.2, 0.25) is 0 Å². The van der Waals surface area contributed by atoms with Crippen LogP contribution in [0.5, 0.6) is 5.75 Å². The van der Waals surface area contributed by atoms with Gasteiger partial charge < -0.3 is 9.15 Å². The van der Waals surface area contributed by atoms with E-state index in [9.17, 15) is 4.79 Å². The van der Waals surface area contributed by atoms with Crippen LogP contribution in [0.4, 0.5) is 0 Å². The fraction of sp³-hybridized carbons (Fsp3) is 0.118. The molecule has 1 heterocycles. The molecule has 0 spiro atoms. The first-order valence-corrected chi connectivity index (χ1v) is 6.35. The molecule has 3 aromatic rings. The predicted molar refractivity (Wildman–Crippen MR) is 79.2 cm³/mol. The first-order valence-electron chi connectivity index (χ1n) is 6.35. The molecule has 0 aliphatic rings. The Hall–Kier alpha value is -2.55. The first kappa shape index (κ1) is 12.5. The van der Waals surface area contributed by atoms with E-state index in [0.29, 0.717) is 16.5 Å². The van der Waals surface area contributed by atoms with Gasteiger partial charge in [-0.2, -0.15) is 0 Å². The second-order valence-corrected chi connectivity index (χ2v) is 4.71. The summed E-state index contributed by atoms with van der Waals surface area (Å²) in [6.07, 6.45) is 1.52. The molecular weight excluding hydrogens is 252 g/mol. The highest BCUT2D eigenvalue weighted by atomic mass is 16.5. The second-order valence-electron chi connectivity index (χ2n) is 4.71. The van der Waals surface area contributed by atoms with Crippen LogP contribution in [0.1, 0.15) is 5.56 Å². The van der Waals surface area contributed by atoms with Gasteiger partial charge in [0, 0.05) is 0 Å². The van der Waals surface area contributed by atoms with Crippen molar-refractivity contribution in [2.45, 2.75) is 6.92 Å². The lowest BCUT2D eigenvalue weighted by molar-refractivity contribution is 0.415. The zero-order chi connectivity index (χ0) is 14.1. The Bertz CT molecular complexity index is 814. The Balaban J connectivity index is 2.20. The minimum absolute atomic E-state index is 0.0138. The molecule has 20 heavy (non-hydrogen) atoms. The van der Waals surface area contributed by atoms with Crippen molar-refractivity contribution in [3.63, 3.8) is 0 Å². The highest BCUT2D eigenvalue weighted by Crippen LogP contribution is 2.22. The van der Waals surface area contributed by atoms with E-state index in [1.807, 2.05) is 49.4 Å². The zero-order valence-electron chi connectivity index (χ0n) is 11.3. The molecule has 0 fully saturated rings. The van der Waals surface area contributed by atoms with Crippen molar-refractivity contribution < 1.29 is 9.15 Å². The summed E-state index contributed by atoms with van der Waals surface area (Å²) in [5.74, 6) is 0.759. The van der Waals surface area contributed by atoms with Crippen LogP contribution in [0.25, 0.3) is 22.1 Å². The van der Waals surface area contributed by atoms with E-state index in [1.165, 1.54) is 6.26 Å². The lowest BCUT2D eigenvalue weighted by Crippen LogP contribution is -2.04. The fourth-order valence-corrected chi connectivity index (χ4v) is 2.21. The molecule has 0 saturated carbocycles. The Morgan fingerprint density at radius 2 is 1.80 bits per heavy atom. The third kappa shape index (κ3) is 2.07. The normalized spacial score (nSPS) is 10.7. The van der Waals surface area contributed by atoms with Gasteiger partial charge in [0.05, 0.1) is 18.1 Å². The molecular formula is C17H14O3. The molecule has 1 aromatic heterocycles. The van der Waals surface area contributed by atoms with Crippen LogP contribution in [-0.4, -0.2) is 7.11 Å². The first-order chi connectivity index (χ1) is 9.69. The van der Waals surface area contributed by atoms with Gasteiger partial charge in [-0.25, -0.2) is 0 Å².